The van der Waals surface area contributed by atoms with E-state index in [-0.39, 0.29) is 0 Å². The average molecular weight is 237 g/mol. The van der Waals surface area contributed by atoms with Crippen molar-refractivity contribution in [2.45, 2.75) is 5.78 Å². The third-order valence-electron chi connectivity index (χ3n) is 2.50. The Morgan fingerprint density at radius 1 is 1.06 bits per heavy atom. The molecule has 16 heavy (non-hydrogen) atoms. The van der Waals surface area contributed by atoms with Crippen LogP contribution in [0.15, 0.2) is 42.5 Å². The summed E-state index contributed by atoms with van der Waals surface area (Å²) in [7, 11) is -4.31. The fraction of sp³-hybridized carbons (Fsp3) is 0.0909. The van der Waals surface area contributed by atoms with Gasteiger partial charge in [0.25, 0.3) is 0 Å². The number of benzene rings is 2. The molecule has 0 aliphatic carbocycles. The first-order valence-electron chi connectivity index (χ1n) is 4.78. The van der Waals surface area contributed by atoms with Crippen molar-refractivity contribution in [1.82, 2.24) is 0 Å². The van der Waals surface area contributed by atoms with Gasteiger partial charge in [-0.05, 0) is 16.3 Å². The van der Waals surface area contributed by atoms with Gasteiger partial charge in [-0.1, -0.05) is 42.5 Å². The predicted molar refractivity (Wildman–Crippen MR) is 62.9 cm³/mol. The Balaban J connectivity index is 2.65. The molecular formula is C11H12NO3P. The highest BCUT2D eigenvalue weighted by atomic mass is 31.2. The minimum absolute atomic E-state index is 0.478. The lowest BCUT2D eigenvalue weighted by molar-refractivity contribution is 0.360. The molecular weight excluding hydrogens is 225 g/mol. The van der Waals surface area contributed by atoms with Crippen molar-refractivity contribution in [3.63, 3.8) is 0 Å². The minimum Gasteiger partial charge on any atom is -0.323 e. The molecule has 4 nitrogen and oxygen atoms in total. The zero-order valence-corrected chi connectivity index (χ0v) is 9.34. The molecule has 4 N–H and O–H groups in total. The molecule has 0 aliphatic heterocycles. The molecule has 2 rings (SSSR count). The van der Waals surface area contributed by atoms with E-state index in [1.54, 1.807) is 18.2 Å². The number of fused-ring (bicyclic) bond motifs is 1. The quantitative estimate of drug-likeness (QED) is 0.697. The first-order valence-corrected chi connectivity index (χ1v) is 6.47. The second-order valence-electron chi connectivity index (χ2n) is 3.60. The zero-order valence-electron chi connectivity index (χ0n) is 8.45. The van der Waals surface area contributed by atoms with Gasteiger partial charge in [0, 0.05) is 0 Å². The van der Waals surface area contributed by atoms with Crippen LogP contribution in [0.3, 0.4) is 0 Å². The fourth-order valence-corrected chi connectivity index (χ4v) is 2.28. The second-order valence-corrected chi connectivity index (χ2v) is 5.34. The summed E-state index contributed by atoms with van der Waals surface area (Å²) < 4.78 is 11.1. The maximum atomic E-state index is 11.1. The summed E-state index contributed by atoms with van der Waals surface area (Å²) in [6.45, 7) is 0. The van der Waals surface area contributed by atoms with Gasteiger partial charge in [-0.15, -0.1) is 0 Å². The molecule has 0 bridgehead atoms. The van der Waals surface area contributed by atoms with E-state index in [2.05, 4.69) is 0 Å². The number of hydrogen-bond donors (Lipinski definition) is 3. The standard InChI is InChI=1S/C11H12NO3P/c12-11(16(13,14)15)10-7-3-5-8-4-1-2-6-9(8)10/h1-7,11H,12H2,(H2,13,14,15)/t11-/m0/s1. The van der Waals surface area contributed by atoms with Crippen LogP contribution >= 0.6 is 7.60 Å². The van der Waals surface area contributed by atoms with Crippen molar-refractivity contribution in [3.05, 3.63) is 48.0 Å². The summed E-state index contributed by atoms with van der Waals surface area (Å²) in [6.07, 6.45) is 0. The van der Waals surface area contributed by atoms with E-state index in [1.807, 2.05) is 24.3 Å². The van der Waals surface area contributed by atoms with Gasteiger partial charge in [-0.25, -0.2) is 0 Å². The highest BCUT2D eigenvalue weighted by Gasteiger charge is 2.27. The molecule has 0 saturated carbocycles. The first kappa shape index (κ1) is 11.3. The molecule has 2 aromatic carbocycles. The van der Waals surface area contributed by atoms with E-state index in [9.17, 15) is 4.57 Å². The van der Waals surface area contributed by atoms with E-state index in [1.165, 1.54) is 0 Å². The van der Waals surface area contributed by atoms with Gasteiger partial charge >= 0.3 is 7.60 Å². The highest BCUT2D eigenvalue weighted by molar-refractivity contribution is 7.52. The van der Waals surface area contributed by atoms with Crippen LogP contribution in [0, 0.1) is 0 Å². The lowest BCUT2D eigenvalue weighted by atomic mass is 10.0. The van der Waals surface area contributed by atoms with Crippen LogP contribution in [0.1, 0.15) is 11.3 Å². The van der Waals surface area contributed by atoms with Crippen LogP contribution in [0.2, 0.25) is 0 Å². The highest BCUT2D eigenvalue weighted by Crippen LogP contribution is 2.49. The van der Waals surface area contributed by atoms with E-state index < -0.39 is 13.4 Å². The summed E-state index contributed by atoms with van der Waals surface area (Å²) in [6, 6.07) is 12.6. The number of nitrogens with two attached hydrogens (primary N) is 1. The molecule has 0 heterocycles. The van der Waals surface area contributed by atoms with Crippen LogP contribution < -0.4 is 5.73 Å². The molecule has 0 fully saturated rings. The van der Waals surface area contributed by atoms with Crippen LogP contribution in [-0.4, -0.2) is 9.79 Å². The molecule has 0 aliphatic rings. The van der Waals surface area contributed by atoms with E-state index >= 15 is 0 Å². The Labute approximate surface area is 92.9 Å². The Morgan fingerprint density at radius 3 is 2.38 bits per heavy atom. The summed E-state index contributed by atoms with van der Waals surface area (Å²) in [5.41, 5.74) is 6.05. The predicted octanol–water partition coefficient (Wildman–Crippen LogP) is 1.97. The van der Waals surface area contributed by atoms with Gasteiger partial charge in [-0.3, -0.25) is 4.57 Å². The largest absolute Gasteiger partial charge is 0.346 e. The molecule has 0 amide bonds. The van der Waals surface area contributed by atoms with E-state index in [0.29, 0.717) is 5.56 Å². The Hall–Kier alpha value is -1.19. The fourth-order valence-electron chi connectivity index (χ4n) is 1.69. The van der Waals surface area contributed by atoms with Crippen molar-refractivity contribution < 1.29 is 14.4 Å². The van der Waals surface area contributed by atoms with E-state index in [4.69, 9.17) is 15.5 Å². The van der Waals surface area contributed by atoms with Gasteiger partial charge in [0.05, 0.1) is 0 Å². The van der Waals surface area contributed by atoms with Gasteiger partial charge < -0.3 is 15.5 Å². The summed E-state index contributed by atoms with van der Waals surface area (Å²) in [4.78, 5) is 18.2. The first-order chi connectivity index (χ1) is 7.50. The van der Waals surface area contributed by atoms with Gasteiger partial charge in [0.2, 0.25) is 0 Å². The molecule has 5 heteroatoms. The Kier molecular flexibility index (Phi) is 2.82. The van der Waals surface area contributed by atoms with Crippen LogP contribution in [-0.2, 0) is 4.57 Å². The summed E-state index contributed by atoms with van der Waals surface area (Å²) in [5.74, 6) is -1.27. The Morgan fingerprint density at radius 2 is 1.69 bits per heavy atom. The maximum absolute atomic E-state index is 11.1. The van der Waals surface area contributed by atoms with Crippen molar-refractivity contribution >= 4 is 18.4 Å². The normalized spacial score (nSPS) is 13.9. The van der Waals surface area contributed by atoms with Crippen molar-refractivity contribution in [1.29, 1.82) is 0 Å². The topological polar surface area (TPSA) is 83.6 Å². The lowest BCUT2D eigenvalue weighted by Gasteiger charge is -2.15. The molecule has 1 atom stereocenters. The van der Waals surface area contributed by atoms with Gasteiger partial charge in [-0.2, -0.15) is 0 Å². The molecule has 0 radical (unpaired) electrons. The summed E-state index contributed by atoms with van der Waals surface area (Å²) >= 11 is 0. The van der Waals surface area contributed by atoms with Crippen LogP contribution in [0.4, 0.5) is 0 Å². The average Bonchev–Trinajstić information content (AvgIpc) is 2.26. The molecule has 0 aromatic heterocycles. The third kappa shape index (κ3) is 2.01. The monoisotopic (exact) mass is 237 g/mol. The Bertz CT molecular complexity index is 559. The van der Waals surface area contributed by atoms with Crippen molar-refractivity contribution in [2.24, 2.45) is 5.73 Å². The van der Waals surface area contributed by atoms with Crippen molar-refractivity contribution in [2.75, 3.05) is 0 Å². The number of rotatable bonds is 2. The number of hydrogen-bond acceptors (Lipinski definition) is 2. The smallest absolute Gasteiger partial charge is 0.323 e. The SMILES string of the molecule is N[C@H](c1cccc2ccccc12)P(=O)(O)O. The summed E-state index contributed by atoms with van der Waals surface area (Å²) in [5, 5.41) is 1.70. The van der Waals surface area contributed by atoms with Crippen molar-refractivity contribution in [3.8, 4) is 0 Å². The molecule has 2 aromatic rings. The molecule has 84 valence electrons. The second kappa shape index (κ2) is 4.00. The molecule has 0 saturated heterocycles. The van der Waals surface area contributed by atoms with Crippen LogP contribution in [0.5, 0.6) is 0 Å². The lowest BCUT2D eigenvalue weighted by Crippen LogP contribution is -2.10. The van der Waals surface area contributed by atoms with Gasteiger partial charge in [0.1, 0.15) is 5.78 Å². The van der Waals surface area contributed by atoms with Gasteiger partial charge in [0.15, 0.2) is 0 Å². The molecule has 0 unspecified atom stereocenters. The minimum atomic E-state index is -4.31. The third-order valence-corrected chi connectivity index (χ3v) is 3.51. The van der Waals surface area contributed by atoms with Crippen LogP contribution in [0.25, 0.3) is 10.8 Å². The molecule has 0 spiro atoms. The zero-order chi connectivity index (χ0) is 11.8. The van der Waals surface area contributed by atoms with E-state index in [0.717, 1.165) is 10.8 Å². The maximum Gasteiger partial charge on any atom is 0.346 e.